The molecule has 0 aromatic carbocycles. The summed E-state index contributed by atoms with van der Waals surface area (Å²) in [6.45, 7) is 2.34. The first-order valence-corrected chi connectivity index (χ1v) is 3.55. The molecule has 8 heavy (non-hydrogen) atoms. The minimum atomic E-state index is 0.750. The SMILES string of the molecule is C1CC2(C1)CC[N]C2. The summed E-state index contributed by atoms with van der Waals surface area (Å²) < 4.78 is 0. The van der Waals surface area contributed by atoms with E-state index in [0.717, 1.165) is 12.0 Å². The van der Waals surface area contributed by atoms with Crippen LogP contribution in [0.25, 0.3) is 0 Å². The van der Waals surface area contributed by atoms with Gasteiger partial charge in [0.1, 0.15) is 0 Å². The number of nitrogens with zero attached hydrogens (tertiary/aromatic N) is 1. The molecule has 0 bridgehead atoms. The van der Waals surface area contributed by atoms with Crippen molar-refractivity contribution >= 4 is 0 Å². The summed E-state index contributed by atoms with van der Waals surface area (Å²) in [6.07, 6.45) is 5.80. The van der Waals surface area contributed by atoms with Crippen molar-refractivity contribution in [3.8, 4) is 0 Å². The largest absolute Gasteiger partial charge is 0.241 e. The average molecular weight is 110 g/mol. The maximum absolute atomic E-state index is 4.36. The van der Waals surface area contributed by atoms with E-state index in [1.54, 1.807) is 0 Å². The van der Waals surface area contributed by atoms with Crippen LogP contribution in [0.2, 0.25) is 0 Å². The van der Waals surface area contributed by atoms with E-state index in [-0.39, 0.29) is 0 Å². The number of hydrogen-bond donors (Lipinski definition) is 0. The van der Waals surface area contributed by atoms with Gasteiger partial charge >= 0.3 is 0 Å². The Balaban J connectivity index is 2.01. The van der Waals surface area contributed by atoms with E-state index in [1.807, 2.05) is 0 Å². The molecule has 1 aliphatic heterocycles. The summed E-state index contributed by atoms with van der Waals surface area (Å²) >= 11 is 0. The van der Waals surface area contributed by atoms with Crippen molar-refractivity contribution in [1.29, 1.82) is 0 Å². The van der Waals surface area contributed by atoms with Gasteiger partial charge in [-0.25, -0.2) is 5.32 Å². The summed E-state index contributed by atoms with van der Waals surface area (Å²) in [5.41, 5.74) is 0.750. The molecule has 1 aliphatic carbocycles. The lowest BCUT2D eigenvalue weighted by atomic mass is 9.68. The van der Waals surface area contributed by atoms with Gasteiger partial charge in [-0.2, -0.15) is 0 Å². The van der Waals surface area contributed by atoms with E-state index in [2.05, 4.69) is 5.32 Å². The van der Waals surface area contributed by atoms with Gasteiger partial charge in [-0.15, -0.1) is 0 Å². The minimum Gasteiger partial charge on any atom is -0.241 e. The molecule has 1 spiro atoms. The predicted octanol–water partition coefficient (Wildman–Crippen LogP) is 1.16. The maximum atomic E-state index is 4.36. The summed E-state index contributed by atoms with van der Waals surface area (Å²) in [5, 5.41) is 4.36. The highest BCUT2D eigenvalue weighted by atomic mass is 14.9. The predicted molar refractivity (Wildman–Crippen MR) is 32.8 cm³/mol. The van der Waals surface area contributed by atoms with Crippen molar-refractivity contribution in [2.45, 2.75) is 25.7 Å². The van der Waals surface area contributed by atoms with Crippen LogP contribution in [0.5, 0.6) is 0 Å². The zero-order valence-electron chi connectivity index (χ0n) is 5.19. The Morgan fingerprint density at radius 3 is 2.25 bits per heavy atom. The lowest BCUT2D eigenvalue weighted by Crippen LogP contribution is -2.29. The zero-order chi connectivity index (χ0) is 5.45. The molecule has 1 saturated carbocycles. The highest BCUT2D eigenvalue weighted by Crippen LogP contribution is 2.45. The highest BCUT2D eigenvalue weighted by Gasteiger charge is 2.39. The molecular formula is C7H12N. The van der Waals surface area contributed by atoms with E-state index in [1.165, 1.54) is 32.2 Å². The van der Waals surface area contributed by atoms with Gasteiger partial charge in [0.2, 0.25) is 0 Å². The highest BCUT2D eigenvalue weighted by molar-refractivity contribution is 4.93. The molecule has 2 fully saturated rings. The molecule has 0 N–H and O–H groups in total. The molecule has 1 heterocycles. The molecule has 0 atom stereocenters. The standard InChI is InChI=1S/C7H12N/c1-2-7(3-1)4-5-8-6-7/h1-6H2. The topological polar surface area (TPSA) is 14.1 Å². The fourth-order valence-electron chi connectivity index (χ4n) is 1.80. The number of hydrogen-bond acceptors (Lipinski definition) is 0. The van der Waals surface area contributed by atoms with Gasteiger partial charge in [-0.1, -0.05) is 6.42 Å². The van der Waals surface area contributed by atoms with Crippen molar-refractivity contribution in [1.82, 2.24) is 5.32 Å². The lowest BCUT2D eigenvalue weighted by Gasteiger charge is -2.36. The quantitative estimate of drug-likeness (QED) is 0.444. The third-order valence-corrected chi connectivity index (χ3v) is 2.66. The molecular weight excluding hydrogens is 98.1 g/mol. The molecule has 1 heteroatoms. The van der Waals surface area contributed by atoms with Crippen LogP contribution < -0.4 is 5.32 Å². The second-order valence-electron chi connectivity index (χ2n) is 3.21. The molecule has 1 saturated heterocycles. The van der Waals surface area contributed by atoms with Gasteiger partial charge in [0.15, 0.2) is 0 Å². The summed E-state index contributed by atoms with van der Waals surface area (Å²) in [5.74, 6) is 0. The van der Waals surface area contributed by atoms with E-state index in [9.17, 15) is 0 Å². The molecule has 2 rings (SSSR count). The van der Waals surface area contributed by atoms with Crippen LogP contribution in [0.15, 0.2) is 0 Å². The molecule has 1 radical (unpaired) electrons. The van der Waals surface area contributed by atoms with Gasteiger partial charge in [0.05, 0.1) is 0 Å². The summed E-state index contributed by atoms with van der Waals surface area (Å²) in [6, 6.07) is 0. The van der Waals surface area contributed by atoms with Gasteiger partial charge in [-0.3, -0.25) is 0 Å². The van der Waals surface area contributed by atoms with Crippen molar-refractivity contribution in [3.05, 3.63) is 0 Å². The van der Waals surface area contributed by atoms with Crippen molar-refractivity contribution in [3.63, 3.8) is 0 Å². The van der Waals surface area contributed by atoms with E-state index in [4.69, 9.17) is 0 Å². The Kier molecular flexibility index (Phi) is 0.884. The first-order valence-electron chi connectivity index (χ1n) is 3.55. The van der Waals surface area contributed by atoms with Gasteiger partial charge in [0, 0.05) is 13.1 Å². The molecule has 2 aliphatic rings. The molecule has 0 unspecified atom stereocenters. The maximum Gasteiger partial charge on any atom is 0.0190 e. The summed E-state index contributed by atoms with van der Waals surface area (Å²) in [4.78, 5) is 0. The fourth-order valence-corrected chi connectivity index (χ4v) is 1.80. The van der Waals surface area contributed by atoms with E-state index < -0.39 is 0 Å². The zero-order valence-corrected chi connectivity index (χ0v) is 5.19. The second kappa shape index (κ2) is 1.47. The molecule has 45 valence electrons. The Morgan fingerprint density at radius 1 is 1.12 bits per heavy atom. The molecule has 0 aromatic heterocycles. The van der Waals surface area contributed by atoms with E-state index >= 15 is 0 Å². The minimum absolute atomic E-state index is 0.750. The first kappa shape index (κ1) is 4.80. The molecule has 0 aromatic rings. The van der Waals surface area contributed by atoms with Crippen LogP contribution >= 0.6 is 0 Å². The van der Waals surface area contributed by atoms with Crippen LogP contribution in [0, 0.1) is 5.41 Å². The Bertz CT molecular complexity index is 86.6. The normalized spacial score (nSPS) is 33.0. The van der Waals surface area contributed by atoms with E-state index in [0.29, 0.717) is 0 Å². The average Bonchev–Trinajstić information content (AvgIpc) is 2.07. The lowest BCUT2D eigenvalue weighted by molar-refractivity contribution is 0.162. The Labute approximate surface area is 50.5 Å². The number of rotatable bonds is 0. The Morgan fingerprint density at radius 2 is 2.00 bits per heavy atom. The van der Waals surface area contributed by atoms with Gasteiger partial charge < -0.3 is 0 Å². The van der Waals surface area contributed by atoms with Gasteiger partial charge in [-0.05, 0) is 24.7 Å². The molecule has 1 nitrogen and oxygen atoms in total. The van der Waals surface area contributed by atoms with Crippen molar-refractivity contribution in [2.75, 3.05) is 13.1 Å². The van der Waals surface area contributed by atoms with Crippen molar-refractivity contribution < 1.29 is 0 Å². The van der Waals surface area contributed by atoms with Crippen LogP contribution in [0.1, 0.15) is 25.7 Å². The third kappa shape index (κ3) is 0.510. The smallest absolute Gasteiger partial charge is 0.0190 e. The second-order valence-corrected chi connectivity index (χ2v) is 3.21. The van der Waals surface area contributed by atoms with Crippen molar-refractivity contribution in [2.24, 2.45) is 5.41 Å². The van der Waals surface area contributed by atoms with Crippen LogP contribution in [0.3, 0.4) is 0 Å². The van der Waals surface area contributed by atoms with Crippen LogP contribution in [-0.2, 0) is 0 Å². The molecule has 0 amide bonds. The summed E-state index contributed by atoms with van der Waals surface area (Å²) in [7, 11) is 0. The van der Waals surface area contributed by atoms with Gasteiger partial charge in [0.25, 0.3) is 0 Å². The van der Waals surface area contributed by atoms with Crippen LogP contribution in [0.4, 0.5) is 0 Å². The third-order valence-electron chi connectivity index (χ3n) is 2.66. The fraction of sp³-hybridized carbons (Fsp3) is 1.00. The monoisotopic (exact) mass is 110 g/mol. The first-order chi connectivity index (χ1) is 3.91. The Hall–Kier alpha value is -0.0400. The van der Waals surface area contributed by atoms with Crippen LogP contribution in [-0.4, -0.2) is 13.1 Å².